The molecule has 1 aromatic carbocycles. The van der Waals surface area contributed by atoms with Crippen molar-refractivity contribution in [1.82, 2.24) is 5.32 Å². The summed E-state index contributed by atoms with van der Waals surface area (Å²) >= 11 is 0. The third-order valence-corrected chi connectivity index (χ3v) is 4.39. The number of rotatable bonds is 5. The molecule has 1 aliphatic heterocycles. The normalized spacial score (nSPS) is 27.4. The van der Waals surface area contributed by atoms with E-state index in [1.807, 2.05) is 30.3 Å². The number of carboxylic acid groups (broad SMARTS) is 1. The first kappa shape index (κ1) is 19.1. The summed E-state index contributed by atoms with van der Waals surface area (Å²) in [6.07, 6.45) is -0.0163. The number of carbonyl (C=O) groups excluding carboxylic acids is 1. The maximum absolute atomic E-state index is 12.3. The maximum Gasteiger partial charge on any atom is 0.405 e. The zero-order valence-electron chi connectivity index (χ0n) is 14.3. The number of nitrogens with one attached hydrogen (secondary N) is 1. The average molecular weight is 351 g/mol. The summed E-state index contributed by atoms with van der Waals surface area (Å²) in [5, 5.41) is 20.5. The Balaban J connectivity index is 2.18. The van der Waals surface area contributed by atoms with Crippen LogP contribution >= 0.6 is 0 Å². The van der Waals surface area contributed by atoms with Gasteiger partial charge >= 0.3 is 12.1 Å². The van der Waals surface area contributed by atoms with Crippen LogP contribution in [0.4, 0.5) is 4.79 Å². The first-order valence-corrected chi connectivity index (χ1v) is 8.53. The van der Waals surface area contributed by atoms with Gasteiger partial charge in [-0.25, -0.2) is 9.59 Å². The SMILES string of the molecule is C[C@@H]1OC(=O)[C@@H](NC(=O)O)CCC[C@H](CCO)[C@H]1Oc1ccccc1. The van der Waals surface area contributed by atoms with Gasteiger partial charge in [0.1, 0.15) is 24.0 Å². The van der Waals surface area contributed by atoms with Crippen LogP contribution in [-0.4, -0.2) is 47.1 Å². The van der Waals surface area contributed by atoms with Crippen molar-refractivity contribution in [2.24, 2.45) is 5.92 Å². The van der Waals surface area contributed by atoms with Crippen LogP contribution in [0.5, 0.6) is 5.75 Å². The first-order chi connectivity index (χ1) is 12.0. The summed E-state index contributed by atoms with van der Waals surface area (Å²) < 4.78 is 11.5. The molecule has 3 N–H and O–H groups in total. The number of benzene rings is 1. The van der Waals surface area contributed by atoms with Gasteiger partial charge in [0, 0.05) is 12.5 Å². The highest BCUT2D eigenvalue weighted by Gasteiger charge is 2.35. The standard InChI is InChI=1S/C18H25NO6/c1-12-16(25-14-7-3-2-4-8-14)13(10-11-20)6-5-9-15(17(21)24-12)19-18(22)23/h2-4,7-8,12-13,15-16,19-20H,5-6,9-11H2,1H3,(H,22,23)/t12-,13+,15-,16-/m0/s1. The van der Waals surface area contributed by atoms with Crippen molar-refractivity contribution in [1.29, 1.82) is 0 Å². The minimum Gasteiger partial charge on any atom is -0.486 e. The maximum atomic E-state index is 12.3. The van der Waals surface area contributed by atoms with E-state index in [1.54, 1.807) is 6.92 Å². The number of carbonyl (C=O) groups is 2. The number of hydrogen-bond acceptors (Lipinski definition) is 5. The molecule has 1 aliphatic rings. The summed E-state index contributed by atoms with van der Waals surface area (Å²) in [7, 11) is 0. The Bertz CT molecular complexity index is 564. The predicted octanol–water partition coefficient (Wildman–Crippen LogP) is 2.18. The zero-order valence-corrected chi connectivity index (χ0v) is 14.3. The molecule has 25 heavy (non-hydrogen) atoms. The van der Waals surface area contributed by atoms with Gasteiger partial charge in [-0.15, -0.1) is 0 Å². The van der Waals surface area contributed by atoms with E-state index >= 15 is 0 Å². The molecule has 0 bridgehead atoms. The predicted molar refractivity (Wildman–Crippen MR) is 90.4 cm³/mol. The number of ether oxygens (including phenoxy) is 2. The molecule has 0 saturated carbocycles. The van der Waals surface area contributed by atoms with Gasteiger partial charge in [-0.05, 0) is 38.3 Å². The molecule has 0 spiro atoms. The molecule has 0 radical (unpaired) electrons. The second kappa shape index (κ2) is 9.27. The molecule has 7 nitrogen and oxygen atoms in total. The van der Waals surface area contributed by atoms with E-state index in [-0.39, 0.29) is 12.5 Å². The first-order valence-electron chi connectivity index (χ1n) is 8.53. The Labute approximate surface area is 146 Å². The molecule has 2 rings (SSSR count). The topological polar surface area (TPSA) is 105 Å². The van der Waals surface area contributed by atoms with Gasteiger partial charge < -0.3 is 25.0 Å². The van der Waals surface area contributed by atoms with Crippen molar-refractivity contribution in [2.75, 3.05) is 6.61 Å². The molecule has 1 fully saturated rings. The minimum atomic E-state index is -1.25. The van der Waals surface area contributed by atoms with Crippen LogP contribution in [0.1, 0.15) is 32.6 Å². The molecule has 7 heteroatoms. The number of cyclic esters (lactones) is 1. The highest BCUT2D eigenvalue weighted by molar-refractivity contribution is 5.80. The van der Waals surface area contributed by atoms with Crippen molar-refractivity contribution in [3.63, 3.8) is 0 Å². The summed E-state index contributed by atoms with van der Waals surface area (Å²) in [5.41, 5.74) is 0. The molecule has 1 heterocycles. The van der Waals surface area contributed by atoms with Gasteiger partial charge in [0.05, 0.1) is 0 Å². The van der Waals surface area contributed by atoms with Crippen LogP contribution in [0.2, 0.25) is 0 Å². The number of para-hydroxylation sites is 1. The minimum absolute atomic E-state index is 0.00316. The van der Waals surface area contributed by atoms with Crippen molar-refractivity contribution >= 4 is 12.1 Å². The third kappa shape index (κ3) is 5.63. The Hall–Kier alpha value is -2.28. The smallest absolute Gasteiger partial charge is 0.405 e. The fourth-order valence-corrected chi connectivity index (χ4v) is 3.18. The van der Waals surface area contributed by atoms with Crippen LogP contribution < -0.4 is 10.1 Å². The Morgan fingerprint density at radius 1 is 1.32 bits per heavy atom. The molecule has 4 atom stereocenters. The van der Waals surface area contributed by atoms with Gasteiger partial charge in [-0.2, -0.15) is 0 Å². The monoisotopic (exact) mass is 351 g/mol. The van der Waals surface area contributed by atoms with E-state index in [2.05, 4.69) is 5.32 Å². The van der Waals surface area contributed by atoms with Crippen LogP contribution in [0, 0.1) is 5.92 Å². The van der Waals surface area contributed by atoms with Crippen LogP contribution in [0.3, 0.4) is 0 Å². The quantitative estimate of drug-likeness (QED) is 0.702. The number of aliphatic hydroxyl groups excluding tert-OH is 1. The third-order valence-electron chi connectivity index (χ3n) is 4.39. The van der Waals surface area contributed by atoms with E-state index in [9.17, 15) is 14.7 Å². The lowest BCUT2D eigenvalue weighted by Crippen LogP contribution is -2.44. The van der Waals surface area contributed by atoms with Crippen molar-refractivity contribution in [3.05, 3.63) is 30.3 Å². The number of hydrogen-bond donors (Lipinski definition) is 3. The van der Waals surface area contributed by atoms with Crippen LogP contribution in [0.15, 0.2) is 30.3 Å². The van der Waals surface area contributed by atoms with Gasteiger partial charge in [0.25, 0.3) is 0 Å². The van der Waals surface area contributed by atoms with E-state index in [1.165, 1.54) is 0 Å². The molecule has 0 unspecified atom stereocenters. The van der Waals surface area contributed by atoms with Crippen LogP contribution in [0.25, 0.3) is 0 Å². The average Bonchev–Trinajstić information content (AvgIpc) is 2.62. The van der Waals surface area contributed by atoms with Gasteiger partial charge in [0.2, 0.25) is 0 Å². The molecule has 0 aromatic heterocycles. The highest BCUT2D eigenvalue weighted by Crippen LogP contribution is 2.28. The number of aliphatic hydroxyl groups is 1. The van der Waals surface area contributed by atoms with Crippen LogP contribution in [-0.2, 0) is 9.53 Å². The van der Waals surface area contributed by atoms with Gasteiger partial charge in [0.15, 0.2) is 0 Å². The summed E-state index contributed by atoms with van der Waals surface area (Å²) in [6, 6.07) is 8.36. The number of esters is 1. The fraction of sp³-hybridized carbons (Fsp3) is 0.556. The lowest BCUT2D eigenvalue weighted by Gasteiger charge is -2.31. The van der Waals surface area contributed by atoms with E-state index in [4.69, 9.17) is 14.6 Å². The van der Waals surface area contributed by atoms with E-state index in [0.717, 1.165) is 0 Å². The Morgan fingerprint density at radius 2 is 2.04 bits per heavy atom. The van der Waals surface area contributed by atoms with E-state index < -0.39 is 30.3 Å². The van der Waals surface area contributed by atoms with Crippen molar-refractivity contribution < 1.29 is 29.3 Å². The van der Waals surface area contributed by atoms with Gasteiger partial charge in [-0.3, -0.25) is 0 Å². The van der Waals surface area contributed by atoms with Crippen molar-refractivity contribution in [2.45, 2.75) is 50.9 Å². The Morgan fingerprint density at radius 3 is 2.68 bits per heavy atom. The second-order valence-corrected chi connectivity index (χ2v) is 6.24. The lowest BCUT2D eigenvalue weighted by atomic mass is 9.89. The highest BCUT2D eigenvalue weighted by atomic mass is 16.6. The fourth-order valence-electron chi connectivity index (χ4n) is 3.18. The van der Waals surface area contributed by atoms with E-state index in [0.29, 0.717) is 31.4 Å². The number of amides is 1. The summed E-state index contributed by atoms with van der Waals surface area (Å²) in [5.74, 6) is 0.0654. The Kier molecular flexibility index (Phi) is 7.06. The molecular formula is C18H25NO6. The zero-order chi connectivity index (χ0) is 18.2. The second-order valence-electron chi connectivity index (χ2n) is 6.24. The summed E-state index contributed by atoms with van der Waals surface area (Å²) in [6.45, 7) is 1.75. The molecule has 1 aromatic rings. The molecule has 138 valence electrons. The molecular weight excluding hydrogens is 326 g/mol. The summed E-state index contributed by atoms with van der Waals surface area (Å²) in [4.78, 5) is 23.1. The lowest BCUT2D eigenvalue weighted by molar-refractivity contribution is -0.156. The molecule has 1 amide bonds. The van der Waals surface area contributed by atoms with Gasteiger partial charge in [-0.1, -0.05) is 24.6 Å². The largest absolute Gasteiger partial charge is 0.486 e. The molecule has 0 aliphatic carbocycles. The molecule has 1 saturated heterocycles. The van der Waals surface area contributed by atoms with Crippen molar-refractivity contribution in [3.8, 4) is 5.75 Å².